The lowest BCUT2D eigenvalue weighted by Crippen LogP contribution is -2.63. The number of aliphatic hydroxyl groups excluding tert-OH is 1. The number of benzene rings is 1. The quantitative estimate of drug-likeness (QED) is 0.0154. The summed E-state index contributed by atoms with van der Waals surface area (Å²) in [5, 5.41) is 39.8. The second kappa shape index (κ2) is 39.2. The number of nitrogens with two attached hydrogens (primary N) is 3. The number of aliphatic hydroxyl groups is 1. The summed E-state index contributed by atoms with van der Waals surface area (Å²) in [5.74, 6) is -13.0. The smallest absolute Gasteiger partial charge is 0.329 e. The monoisotopic (exact) mass is 1270 g/mol. The van der Waals surface area contributed by atoms with Crippen molar-refractivity contribution in [1.82, 2.24) is 58.5 Å². The topological polar surface area (TPSA) is 457 Å². The first-order valence-corrected chi connectivity index (χ1v) is 31.3. The Labute approximate surface area is 528 Å². The van der Waals surface area contributed by atoms with E-state index in [4.69, 9.17) is 21.9 Å². The van der Waals surface area contributed by atoms with E-state index in [9.17, 15) is 62.6 Å². The lowest BCUT2D eigenvalue weighted by molar-refractivity contribution is -0.157. The molecule has 0 radical (unpaired) electrons. The number of nitrogens with one attached hydrogen (secondary N) is 11. The van der Waals surface area contributed by atoms with Crippen molar-refractivity contribution in [3.8, 4) is 0 Å². The highest BCUT2D eigenvalue weighted by atomic mass is 16.5. The predicted octanol–water partition coefficient (Wildman–Crippen LogP) is -1.83. The molecule has 18 N–H and O–H groups in total. The van der Waals surface area contributed by atoms with Crippen molar-refractivity contribution in [3.05, 3.63) is 35.9 Å². The Bertz CT molecular complexity index is 2610. The maximum absolute atomic E-state index is 14.5. The lowest BCUT2D eigenvalue weighted by atomic mass is 9.94. The summed E-state index contributed by atoms with van der Waals surface area (Å²) in [6.07, 6.45) is -0.0178. The molecule has 0 aliphatic carbocycles. The SMILES string of the molecule is CC[C@@H](C)[C@@H](NC(=O)[C@@H](CCC(N)=O)NC(=O)[C@H](CCCN=C(N)N)NC(=O)[C@@H](NC(=O)[C@@H](Cc1ccccc1)NC)[C@@H](C)CC)C(=O)N[C@H](C(=O)N[C@@H](CO)C(=O)N[C@H]1C(=O)N[C@@H](C)C(=O)N[C@@H]([C@@H](C)CC)C(=O)N[C@@H]([C@@H](C)CC)C(=O)O[C@H]1C)[C@@H](C)CC. The molecule has 0 spiro atoms. The number of carbonyl (C=O) groups is 12. The molecule has 29 nitrogen and oxygen atoms in total. The molecule has 0 unspecified atom stereocenters. The molecule has 0 saturated carbocycles. The van der Waals surface area contributed by atoms with Gasteiger partial charge < -0.3 is 85.5 Å². The number of hydrogen-bond acceptors (Lipinski definition) is 16. The van der Waals surface area contributed by atoms with Crippen LogP contribution >= 0.6 is 0 Å². The highest BCUT2D eigenvalue weighted by molar-refractivity contribution is 5.99. The Morgan fingerprint density at radius 2 is 1.02 bits per heavy atom. The van der Waals surface area contributed by atoms with Gasteiger partial charge in [0.15, 0.2) is 5.96 Å². The van der Waals surface area contributed by atoms with E-state index < -0.39 is 186 Å². The van der Waals surface area contributed by atoms with Crippen LogP contribution in [0.4, 0.5) is 0 Å². The molecule has 90 heavy (non-hydrogen) atoms. The first-order chi connectivity index (χ1) is 42.4. The normalized spacial score (nSPS) is 21.2. The van der Waals surface area contributed by atoms with Gasteiger partial charge in [0.2, 0.25) is 65.0 Å². The fraction of sp³-hybridized carbons (Fsp3) is 0.689. The van der Waals surface area contributed by atoms with Gasteiger partial charge in [0.05, 0.1) is 12.6 Å². The van der Waals surface area contributed by atoms with Gasteiger partial charge in [-0.3, -0.25) is 57.7 Å². The number of primary amides is 1. The summed E-state index contributed by atoms with van der Waals surface area (Å²) in [5.41, 5.74) is 17.5. The summed E-state index contributed by atoms with van der Waals surface area (Å²) < 4.78 is 5.73. The number of carbonyl (C=O) groups excluding carboxylic acids is 12. The van der Waals surface area contributed by atoms with Gasteiger partial charge in [-0.15, -0.1) is 0 Å². The van der Waals surface area contributed by atoms with E-state index in [1.165, 1.54) is 13.8 Å². The van der Waals surface area contributed by atoms with Crippen molar-refractivity contribution in [2.24, 2.45) is 51.8 Å². The summed E-state index contributed by atoms with van der Waals surface area (Å²) in [6.45, 7) is 18.9. The average Bonchev–Trinajstić information content (AvgIpc) is 1.86. The number of esters is 1. The first kappa shape index (κ1) is 78.1. The van der Waals surface area contributed by atoms with Crippen molar-refractivity contribution in [3.63, 3.8) is 0 Å². The van der Waals surface area contributed by atoms with Gasteiger partial charge in [-0.05, 0) is 81.7 Å². The molecule has 29 heteroatoms. The van der Waals surface area contributed by atoms with Crippen molar-refractivity contribution in [2.45, 2.75) is 220 Å². The van der Waals surface area contributed by atoms with Crippen LogP contribution in [0.5, 0.6) is 0 Å². The van der Waals surface area contributed by atoms with E-state index in [0.717, 1.165) is 5.56 Å². The maximum Gasteiger partial charge on any atom is 0.329 e. The fourth-order valence-corrected chi connectivity index (χ4v) is 9.58. The molecule has 1 fully saturated rings. The Hall–Kier alpha value is -7.95. The standard InChI is InChI=1S/C61H103N15O14/c1-14-31(6)44(73-53(82)41(65-13)29-38-23-20-19-21-24-38)55(84)69-39(25-22-28-66-61(63)64)51(80)68-40(26-27-43(62)78)52(81)72-47(34(9)17-4)57(86)74-45(32(7)15-2)56(85)70-42(30-77)54(83)76-49-37(12)90-60(89)48(35(10)18-5)75-58(87)46(33(8)16-3)71-50(79)36(11)67-59(49)88/h19-21,23-24,31-37,39-42,44-49,65,77H,14-18,22,25-30H2,1-13H3,(H2,62,78)(H,67,88)(H,68,80)(H,69,84)(H,70,85)(H,71,79)(H,72,81)(H,73,82)(H,74,86)(H,75,87)(H,76,83)(H4,63,64,66)/t31-,32-,33-,34+,35-,36-,37-,39-,40+,41+,42-,44-,45-,46-,47+,48-,49+/m0/s1. The maximum atomic E-state index is 14.5. The second-order valence-corrected chi connectivity index (χ2v) is 23.6. The lowest BCUT2D eigenvalue weighted by Gasteiger charge is -2.31. The van der Waals surface area contributed by atoms with Crippen LogP contribution in [-0.4, -0.2) is 175 Å². The third kappa shape index (κ3) is 24.8. The molecule has 1 aliphatic rings. The molecule has 1 aromatic carbocycles. The Morgan fingerprint density at radius 1 is 0.567 bits per heavy atom. The zero-order valence-corrected chi connectivity index (χ0v) is 54.6. The number of amides is 11. The molecule has 0 bridgehead atoms. The molecule has 17 atom stereocenters. The number of cyclic esters (lactones) is 1. The number of rotatable bonds is 35. The summed E-state index contributed by atoms with van der Waals surface area (Å²) in [7, 11) is 1.62. The van der Waals surface area contributed by atoms with Crippen LogP contribution in [-0.2, 0) is 68.7 Å². The van der Waals surface area contributed by atoms with Crippen molar-refractivity contribution in [2.75, 3.05) is 20.2 Å². The highest BCUT2D eigenvalue weighted by Gasteiger charge is 2.41. The van der Waals surface area contributed by atoms with Crippen LogP contribution in [0, 0.1) is 29.6 Å². The molecule has 1 aromatic rings. The first-order valence-electron chi connectivity index (χ1n) is 31.3. The number of ether oxygens (including phenoxy) is 1. The van der Waals surface area contributed by atoms with Crippen LogP contribution < -0.4 is 75.7 Å². The molecule has 2 rings (SSSR count). The zero-order valence-electron chi connectivity index (χ0n) is 54.6. The number of likely N-dealkylation sites (N-methyl/N-ethyl adjacent to an activating group) is 1. The Kier molecular flexibility index (Phi) is 34.1. The van der Waals surface area contributed by atoms with E-state index >= 15 is 0 Å². The number of nitrogens with zero attached hydrogens (tertiary/aromatic N) is 1. The molecule has 1 aliphatic heterocycles. The summed E-state index contributed by atoms with van der Waals surface area (Å²) in [4.78, 5) is 171. The fourth-order valence-electron chi connectivity index (χ4n) is 9.58. The van der Waals surface area contributed by atoms with Gasteiger partial charge in [0, 0.05) is 13.0 Å². The van der Waals surface area contributed by atoms with Gasteiger partial charge in [-0.2, -0.15) is 0 Å². The van der Waals surface area contributed by atoms with Gasteiger partial charge in [0.25, 0.3) is 0 Å². The van der Waals surface area contributed by atoms with Crippen LogP contribution in [0.1, 0.15) is 146 Å². The van der Waals surface area contributed by atoms with E-state index in [1.54, 1.807) is 62.4 Å². The van der Waals surface area contributed by atoms with Gasteiger partial charge in [-0.1, -0.05) is 132 Å². The van der Waals surface area contributed by atoms with Gasteiger partial charge >= 0.3 is 5.97 Å². The Balaban J connectivity index is 2.50. The van der Waals surface area contributed by atoms with Crippen LogP contribution in [0.2, 0.25) is 0 Å². The van der Waals surface area contributed by atoms with Crippen molar-refractivity contribution >= 4 is 76.9 Å². The third-order valence-electron chi connectivity index (χ3n) is 16.7. The van der Waals surface area contributed by atoms with E-state index in [0.29, 0.717) is 25.7 Å². The predicted molar refractivity (Wildman–Crippen MR) is 336 cm³/mol. The molecule has 506 valence electrons. The van der Waals surface area contributed by atoms with Crippen LogP contribution in [0.25, 0.3) is 0 Å². The van der Waals surface area contributed by atoms with Gasteiger partial charge in [0.1, 0.15) is 66.5 Å². The number of hydrogen-bond donors (Lipinski definition) is 15. The minimum atomic E-state index is -1.81. The second-order valence-electron chi connectivity index (χ2n) is 23.6. The van der Waals surface area contributed by atoms with E-state index in [2.05, 4.69) is 63.5 Å². The third-order valence-corrected chi connectivity index (χ3v) is 16.7. The van der Waals surface area contributed by atoms with Gasteiger partial charge in [-0.25, -0.2) is 4.79 Å². The average molecular weight is 1270 g/mol. The number of guanidine groups is 1. The summed E-state index contributed by atoms with van der Waals surface area (Å²) in [6, 6.07) is -5.56. The highest BCUT2D eigenvalue weighted by Crippen LogP contribution is 2.18. The molecule has 0 aromatic heterocycles. The molecule has 1 saturated heterocycles. The largest absolute Gasteiger partial charge is 0.458 e. The Morgan fingerprint density at radius 3 is 1.51 bits per heavy atom. The van der Waals surface area contributed by atoms with Crippen LogP contribution in [0.15, 0.2) is 35.3 Å². The molecular weight excluding hydrogens is 1170 g/mol. The zero-order chi connectivity index (χ0) is 68.1. The molecular formula is C61H103N15O14. The van der Waals surface area contributed by atoms with E-state index in [1.807, 2.05) is 44.2 Å². The minimum absolute atomic E-state index is 0.0401. The molecule has 11 amide bonds. The van der Waals surface area contributed by atoms with Crippen LogP contribution in [0.3, 0.4) is 0 Å². The molecule has 1 heterocycles. The summed E-state index contributed by atoms with van der Waals surface area (Å²) >= 11 is 0. The van der Waals surface area contributed by atoms with E-state index in [-0.39, 0.29) is 44.6 Å². The minimum Gasteiger partial charge on any atom is -0.458 e. The van der Waals surface area contributed by atoms with Crippen molar-refractivity contribution in [1.29, 1.82) is 0 Å². The number of aliphatic imine (C=N–C) groups is 1. The van der Waals surface area contributed by atoms with Crippen molar-refractivity contribution < 1.29 is 67.4 Å².